The van der Waals surface area contributed by atoms with E-state index in [9.17, 15) is 29.8 Å². The molecule has 0 saturated heterocycles. The Hall–Kier alpha value is -4.19. The quantitative estimate of drug-likeness (QED) is 0.0663. The number of ether oxygens (including phenoxy) is 2. The van der Waals surface area contributed by atoms with Gasteiger partial charge in [-0.25, -0.2) is 9.59 Å². The number of carbonyl (C=O) groups is 2. The summed E-state index contributed by atoms with van der Waals surface area (Å²) in [6, 6.07) is 6.96. The lowest BCUT2D eigenvalue weighted by Crippen LogP contribution is -2.27. The highest BCUT2D eigenvalue weighted by Gasteiger charge is 2.29. The van der Waals surface area contributed by atoms with Crippen LogP contribution < -0.4 is 14.8 Å². The lowest BCUT2D eigenvalue weighted by atomic mass is 9.93. The van der Waals surface area contributed by atoms with Crippen molar-refractivity contribution in [1.29, 1.82) is 0 Å². The molecule has 0 aliphatic rings. The van der Waals surface area contributed by atoms with Crippen LogP contribution in [0.4, 0.5) is 21.9 Å². The average molecular weight is 593 g/mol. The number of nitro groups is 2. The summed E-state index contributed by atoms with van der Waals surface area (Å²) in [6.45, 7) is 5.52. The van der Waals surface area contributed by atoms with Gasteiger partial charge in [0.25, 0.3) is 5.69 Å². The molecule has 1 atom stereocenters. The van der Waals surface area contributed by atoms with E-state index in [1.807, 2.05) is 6.92 Å². The highest BCUT2D eigenvalue weighted by Crippen LogP contribution is 2.41. The van der Waals surface area contributed by atoms with Crippen LogP contribution in [-0.2, 0) is 4.79 Å². The Balaban J connectivity index is 0.000000474. The standard InChI is InChI=1S/C18H24N2O6.C10H13ClN2O2/c1-4-6-7-8-10-13(3)15-11-14(19(22)23)12-16(20(24)25)18(15)26-17(21)9-5-2;1-13(2)10(14)12-7-4-5-9(15-3)8(11)6-7/h5,9,11-13H,4,6-8,10H2,1-3H3;4-6H,1-3H3,(H,12,14)/b9-5+;. The van der Waals surface area contributed by atoms with Gasteiger partial charge in [-0.1, -0.05) is 57.2 Å². The number of anilines is 1. The van der Waals surface area contributed by atoms with Crippen molar-refractivity contribution in [3.8, 4) is 11.5 Å². The number of methoxy groups -OCH3 is 1. The second-order valence-electron chi connectivity index (χ2n) is 9.24. The molecule has 0 aliphatic heterocycles. The Kier molecular flexibility index (Phi) is 14.9. The van der Waals surface area contributed by atoms with Gasteiger partial charge in [0.1, 0.15) is 5.75 Å². The summed E-state index contributed by atoms with van der Waals surface area (Å²) >= 11 is 5.90. The Labute approximate surface area is 244 Å². The fourth-order valence-corrected chi connectivity index (χ4v) is 3.88. The van der Waals surface area contributed by atoms with Crippen molar-refractivity contribution in [2.24, 2.45) is 0 Å². The number of nitrogens with one attached hydrogen (secondary N) is 1. The molecule has 0 spiro atoms. The minimum atomic E-state index is -0.765. The van der Waals surface area contributed by atoms with Crippen LogP contribution in [0.2, 0.25) is 5.02 Å². The number of allylic oxidation sites excluding steroid dienone is 1. The number of hydrogen-bond donors (Lipinski definition) is 1. The number of carbonyl (C=O) groups excluding carboxylic acids is 2. The Bertz CT molecular complexity index is 1250. The van der Waals surface area contributed by atoms with E-state index in [-0.39, 0.29) is 17.7 Å². The number of benzene rings is 2. The third-order valence-electron chi connectivity index (χ3n) is 5.83. The van der Waals surface area contributed by atoms with Crippen molar-refractivity contribution in [3.63, 3.8) is 0 Å². The molecule has 2 amide bonds. The number of rotatable bonds is 12. The van der Waals surface area contributed by atoms with Crippen molar-refractivity contribution < 1.29 is 28.9 Å². The molecule has 0 fully saturated rings. The van der Waals surface area contributed by atoms with Crippen molar-refractivity contribution in [2.75, 3.05) is 26.5 Å². The van der Waals surface area contributed by atoms with Crippen LogP contribution in [0, 0.1) is 20.2 Å². The predicted octanol–water partition coefficient (Wildman–Crippen LogP) is 7.50. The van der Waals surface area contributed by atoms with Crippen LogP contribution in [0.1, 0.15) is 64.4 Å². The number of urea groups is 1. The fraction of sp³-hybridized carbons (Fsp3) is 0.429. The summed E-state index contributed by atoms with van der Waals surface area (Å²) in [5.41, 5.74) is -0.0230. The number of esters is 1. The minimum Gasteiger partial charge on any atom is -0.495 e. The third-order valence-corrected chi connectivity index (χ3v) is 6.12. The van der Waals surface area contributed by atoms with Crippen molar-refractivity contribution in [1.82, 2.24) is 4.90 Å². The zero-order valence-corrected chi connectivity index (χ0v) is 24.9. The largest absolute Gasteiger partial charge is 0.495 e. The van der Waals surface area contributed by atoms with Gasteiger partial charge in [0.2, 0.25) is 5.75 Å². The van der Waals surface area contributed by atoms with Crippen LogP contribution in [0.25, 0.3) is 0 Å². The predicted molar refractivity (Wildman–Crippen MR) is 158 cm³/mol. The Morgan fingerprint density at radius 2 is 1.78 bits per heavy atom. The molecule has 2 rings (SSSR count). The van der Waals surface area contributed by atoms with Gasteiger partial charge in [0.05, 0.1) is 28.0 Å². The van der Waals surface area contributed by atoms with Crippen LogP contribution in [0.3, 0.4) is 0 Å². The van der Waals surface area contributed by atoms with E-state index < -0.39 is 27.2 Å². The maximum absolute atomic E-state index is 11.8. The zero-order chi connectivity index (χ0) is 31.1. The number of hydrogen-bond acceptors (Lipinski definition) is 8. The van der Waals surface area contributed by atoms with Gasteiger partial charge < -0.3 is 19.7 Å². The van der Waals surface area contributed by atoms with Gasteiger partial charge in [0, 0.05) is 37.5 Å². The number of unbranched alkanes of at least 4 members (excludes halogenated alkanes) is 3. The number of nitro benzene ring substituents is 2. The van der Waals surface area contributed by atoms with E-state index in [0.717, 1.165) is 37.8 Å². The van der Waals surface area contributed by atoms with Gasteiger partial charge >= 0.3 is 17.7 Å². The van der Waals surface area contributed by atoms with E-state index in [1.54, 1.807) is 46.3 Å². The lowest BCUT2D eigenvalue weighted by molar-refractivity contribution is -0.394. The summed E-state index contributed by atoms with van der Waals surface area (Å²) in [4.78, 5) is 45.7. The number of nitrogens with zero attached hydrogens (tertiary/aromatic N) is 3. The van der Waals surface area contributed by atoms with E-state index in [4.69, 9.17) is 21.1 Å². The van der Waals surface area contributed by atoms with Crippen molar-refractivity contribution in [3.05, 3.63) is 73.3 Å². The number of halogens is 1. The molecule has 0 bridgehead atoms. The van der Waals surface area contributed by atoms with Crippen molar-refractivity contribution in [2.45, 2.75) is 58.8 Å². The lowest BCUT2D eigenvalue weighted by Gasteiger charge is -2.16. The summed E-state index contributed by atoms with van der Waals surface area (Å²) in [5.74, 6) is -0.617. The molecule has 0 heterocycles. The molecular formula is C28H37ClN4O8. The molecule has 224 valence electrons. The molecule has 1 unspecified atom stereocenters. The minimum absolute atomic E-state index is 0.198. The SMILES string of the molecule is C/C=C/C(=O)Oc1c(C(C)CCCCCC)cc([N+](=O)[O-])cc1[N+](=O)[O-].COc1ccc(NC(=O)N(C)C)cc1Cl. The van der Waals surface area contributed by atoms with Gasteiger partial charge in [-0.3, -0.25) is 20.2 Å². The highest BCUT2D eigenvalue weighted by molar-refractivity contribution is 6.32. The van der Waals surface area contributed by atoms with Crippen LogP contribution in [0.15, 0.2) is 42.5 Å². The number of non-ortho nitro benzene ring substituents is 1. The maximum atomic E-state index is 11.8. The van der Waals surface area contributed by atoms with Gasteiger partial charge in [0.15, 0.2) is 0 Å². The molecule has 0 aromatic heterocycles. The maximum Gasteiger partial charge on any atom is 0.336 e. The summed E-state index contributed by atoms with van der Waals surface area (Å²) in [7, 11) is 4.88. The fourth-order valence-electron chi connectivity index (χ4n) is 3.62. The van der Waals surface area contributed by atoms with Gasteiger partial charge in [-0.05, 0) is 37.5 Å². The zero-order valence-electron chi connectivity index (χ0n) is 24.1. The first-order valence-corrected chi connectivity index (χ1v) is 13.4. The van der Waals surface area contributed by atoms with E-state index in [2.05, 4.69) is 12.2 Å². The third kappa shape index (κ3) is 11.4. The molecule has 0 saturated carbocycles. The highest BCUT2D eigenvalue weighted by atomic mass is 35.5. The van der Waals surface area contributed by atoms with E-state index in [0.29, 0.717) is 28.4 Å². The topological polar surface area (TPSA) is 154 Å². The van der Waals surface area contributed by atoms with Crippen LogP contribution in [-0.4, -0.2) is 48.0 Å². The second-order valence-corrected chi connectivity index (χ2v) is 9.65. The molecule has 1 N–H and O–H groups in total. The molecule has 41 heavy (non-hydrogen) atoms. The first-order valence-electron chi connectivity index (χ1n) is 13.0. The van der Waals surface area contributed by atoms with Gasteiger partial charge in [-0.15, -0.1) is 0 Å². The monoisotopic (exact) mass is 592 g/mol. The summed E-state index contributed by atoms with van der Waals surface area (Å²) in [6.07, 6.45) is 7.31. The second kappa shape index (κ2) is 17.5. The molecule has 13 heteroatoms. The van der Waals surface area contributed by atoms with Crippen LogP contribution in [0.5, 0.6) is 11.5 Å². The van der Waals surface area contributed by atoms with E-state index in [1.165, 1.54) is 17.0 Å². The average Bonchev–Trinajstić information content (AvgIpc) is 2.91. The molecule has 0 radical (unpaired) electrons. The molecular weight excluding hydrogens is 556 g/mol. The van der Waals surface area contributed by atoms with Crippen molar-refractivity contribution >= 4 is 40.7 Å². The first-order chi connectivity index (χ1) is 19.4. The van der Waals surface area contributed by atoms with Crippen LogP contribution >= 0.6 is 11.6 Å². The van der Waals surface area contributed by atoms with Gasteiger partial charge in [-0.2, -0.15) is 0 Å². The first kappa shape index (κ1) is 34.8. The smallest absolute Gasteiger partial charge is 0.336 e. The number of amides is 2. The summed E-state index contributed by atoms with van der Waals surface area (Å²) in [5, 5.41) is 25.7. The molecule has 2 aromatic carbocycles. The molecule has 0 aliphatic carbocycles. The van der Waals surface area contributed by atoms with E-state index >= 15 is 0 Å². The molecule has 2 aromatic rings. The summed E-state index contributed by atoms with van der Waals surface area (Å²) < 4.78 is 10.2. The Morgan fingerprint density at radius 1 is 1.10 bits per heavy atom. The normalized spacial score (nSPS) is 11.2. The molecule has 12 nitrogen and oxygen atoms in total. The Morgan fingerprint density at radius 3 is 2.29 bits per heavy atom.